The Labute approximate surface area is 95.7 Å². The molecule has 0 saturated heterocycles. The van der Waals surface area contributed by atoms with Gasteiger partial charge in [0.15, 0.2) is 5.13 Å². The summed E-state index contributed by atoms with van der Waals surface area (Å²) in [6, 6.07) is 3.37. The van der Waals surface area contributed by atoms with E-state index < -0.39 is 10.0 Å². The van der Waals surface area contributed by atoms with Crippen LogP contribution in [0.3, 0.4) is 0 Å². The number of anilines is 1. The van der Waals surface area contributed by atoms with E-state index in [1.54, 1.807) is 23.7 Å². The van der Waals surface area contributed by atoms with E-state index in [0.717, 1.165) is 4.88 Å². The third-order valence-corrected chi connectivity index (χ3v) is 5.28. The molecule has 15 heavy (non-hydrogen) atoms. The number of aryl methyl sites for hydroxylation is 1. The van der Waals surface area contributed by atoms with Crippen LogP contribution in [0.5, 0.6) is 0 Å². The van der Waals surface area contributed by atoms with Crippen LogP contribution in [0.4, 0.5) is 5.13 Å². The number of nitrogens with one attached hydrogen (secondary N) is 1. The minimum atomic E-state index is -3.45. The van der Waals surface area contributed by atoms with Crippen LogP contribution in [0.15, 0.2) is 27.9 Å². The second kappa shape index (κ2) is 3.92. The molecule has 0 aliphatic carbocycles. The zero-order valence-electron chi connectivity index (χ0n) is 7.80. The van der Waals surface area contributed by atoms with E-state index in [-0.39, 0.29) is 0 Å². The number of thiophene rings is 1. The fourth-order valence-electron chi connectivity index (χ4n) is 0.996. The maximum atomic E-state index is 11.8. The average Bonchev–Trinajstić information content (AvgIpc) is 2.75. The van der Waals surface area contributed by atoms with E-state index in [1.165, 1.54) is 22.7 Å². The van der Waals surface area contributed by atoms with Crippen molar-refractivity contribution in [3.8, 4) is 0 Å². The molecule has 80 valence electrons. The molecular weight excluding hydrogens is 252 g/mol. The Kier molecular flexibility index (Phi) is 2.76. The van der Waals surface area contributed by atoms with Gasteiger partial charge in [-0.3, -0.25) is 4.72 Å². The summed E-state index contributed by atoms with van der Waals surface area (Å²) in [7, 11) is -3.45. The third-order valence-electron chi connectivity index (χ3n) is 1.63. The fraction of sp³-hybridized carbons (Fsp3) is 0.125. The van der Waals surface area contributed by atoms with Crippen LogP contribution in [-0.2, 0) is 10.0 Å². The maximum Gasteiger partial charge on any atom is 0.273 e. The van der Waals surface area contributed by atoms with Crippen molar-refractivity contribution in [3.05, 3.63) is 28.6 Å². The van der Waals surface area contributed by atoms with E-state index in [2.05, 4.69) is 9.71 Å². The van der Waals surface area contributed by atoms with Gasteiger partial charge < -0.3 is 0 Å². The van der Waals surface area contributed by atoms with Gasteiger partial charge >= 0.3 is 0 Å². The third kappa shape index (κ3) is 2.36. The van der Waals surface area contributed by atoms with Gasteiger partial charge in [0.05, 0.1) is 0 Å². The molecule has 0 atom stereocenters. The van der Waals surface area contributed by atoms with Crippen molar-refractivity contribution in [3.63, 3.8) is 0 Å². The molecule has 0 unspecified atom stereocenters. The molecule has 0 fully saturated rings. The summed E-state index contributed by atoms with van der Waals surface area (Å²) in [5.74, 6) is 0. The minimum Gasteiger partial charge on any atom is -0.254 e. The first kappa shape index (κ1) is 10.6. The first-order valence-electron chi connectivity index (χ1n) is 4.07. The molecule has 4 nitrogen and oxygen atoms in total. The Morgan fingerprint density at radius 1 is 1.40 bits per heavy atom. The smallest absolute Gasteiger partial charge is 0.254 e. The molecule has 2 aromatic heterocycles. The molecule has 2 aromatic rings. The molecule has 1 N–H and O–H groups in total. The van der Waals surface area contributed by atoms with Gasteiger partial charge in [0.1, 0.15) is 4.21 Å². The van der Waals surface area contributed by atoms with Gasteiger partial charge in [0.25, 0.3) is 10.0 Å². The Bertz CT molecular complexity index is 542. The van der Waals surface area contributed by atoms with Gasteiger partial charge in [0.2, 0.25) is 0 Å². The molecule has 0 radical (unpaired) electrons. The summed E-state index contributed by atoms with van der Waals surface area (Å²) >= 11 is 2.50. The number of aromatic nitrogens is 1. The molecule has 7 heteroatoms. The van der Waals surface area contributed by atoms with Crippen LogP contribution in [-0.4, -0.2) is 13.4 Å². The number of hydrogen-bond donors (Lipinski definition) is 1. The molecule has 2 rings (SSSR count). The first-order valence-corrected chi connectivity index (χ1v) is 7.24. The van der Waals surface area contributed by atoms with Gasteiger partial charge in [-0.2, -0.15) is 0 Å². The molecule has 0 bridgehead atoms. The lowest BCUT2D eigenvalue weighted by Crippen LogP contribution is -2.10. The topological polar surface area (TPSA) is 59.1 Å². The second-order valence-corrected chi connectivity index (χ2v) is 6.90. The summed E-state index contributed by atoms with van der Waals surface area (Å²) in [6.07, 6.45) is 1.56. The molecular formula is C8H8N2O2S3. The van der Waals surface area contributed by atoms with Gasteiger partial charge in [-0.15, -0.1) is 22.7 Å². The summed E-state index contributed by atoms with van der Waals surface area (Å²) in [4.78, 5) is 4.83. The van der Waals surface area contributed by atoms with Gasteiger partial charge in [-0.05, 0) is 19.1 Å². The Morgan fingerprint density at radius 3 is 2.73 bits per heavy atom. The quantitative estimate of drug-likeness (QED) is 0.921. The largest absolute Gasteiger partial charge is 0.273 e. The molecule has 0 aliphatic heterocycles. The highest BCUT2D eigenvalue weighted by molar-refractivity contribution is 7.94. The predicted octanol–water partition coefficient (Wildman–Crippen LogP) is 2.31. The molecule has 0 spiro atoms. The Balaban J connectivity index is 2.28. The van der Waals surface area contributed by atoms with Gasteiger partial charge in [0, 0.05) is 16.5 Å². The molecule has 0 saturated carbocycles. The molecule has 0 aromatic carbocycles. The summed E-state index contributed by atoms with van der Waals surface area (Å²) < 4.78 is 26.3. The van der Waals surface area contributed by atoms with E-state index >= 15 is 0 Å². The minimum absolute atomic E-state index is 0.315. The van der Waals surface area contributed by atoms with Crippen LogP contribution in [0.2, 0.25) is 0 Å². The number of hydrogen-bond acceptors (Lipinski definition) is 5. The van der Waals surface area contributed by atoms with Crippen molar-refractivity contribution < 1.29 is 8.42 Å². The van der Waals surface area contributed by atoms with E-state index in [1.807, 2.05) is 6.92 Å². The Hall–Kier alpha value is -0.920. The SMILES string of the molecule is Cc1ccc(S(=O)(=O)Nc2nccs2)s1. The highest BCUT2D eigenvalue weighted by atomic mass is 32.2. The van der Waals surface area contributed by atoms with E-state index in [9.17, 15) is 8.42 Å². The van der Waals surface area contributed by atoms with Crippen LogP contribution < -0.4 is 4.72 Å². The lowest BCUT2D eigenvalue weighted by molar-refractivity contribution is 0.603. The zero-order chi connectivity index (χ0) is 10.9. The molecule has 0 amide bonds. The summed E-state index contributed by atoms with van der Waals surface area (Å²) in [6.45, 7) is 1.87. The van der Waals surface area contributed by atoms with Crippen molar-refractivity contribution in [1.29, 1.82) is 0 Å². The number of rotatable bonds is 3. The molecule has 2 heterocycles. The van der Waals surface area contributed by atoms with Crippen molar-refractivity contribution in [2.24, 2.45) is 0 Å². The highest BCUT2D eigenvalue weighted by Crippen LogP contribution is 2.23. The number of sulfonamides is 1. The second-order valence-electron chi connectivity index (χ2n) is 2.81. The first-order chi connectivity index (χ1) is 7.08. The van der Waals surface area contributed by atoms with Crippen molar-refractivity contribution >= 4 is 37.8 Å². The van der Waals surface area contributed by atoms with Crippen molar-refractivity contribution in [1.82, 2.24) is 4.98 Å². The normalized spacial score (nSPS) is 11.5. The lowest BCUT2D eigenvalue weighted by atomic mass is 10.5. The maximum absolute atomic E-state index is 11.8. The van der Waals surface area contributed by atoms with Crippen LogP contribution in [0.1, 0.15) is 4.88 Å². The standard InChI is InChI=1S/C8H8N2O2S3/c1-6-2-3-7(14-6)15(11,12)10-8-9-4-5-13-8/h2-5H,1H3,(H,9,10). The lowest BCUT2D eigenvalue weighted by Gasteiger charge is -2.00. The number of nitrogens with zero attached hydrogens (tertiary/aromatic N) is 1. The fourth-order valence-corrected chi connectivity index (χ4v) is 4.07. The monoisotopic (exact) mass is 260 g/mol. The van der Waals surface area contributed by atoms with E-state index in [0.29, 0.717) is 9.34 Å². The average molecular weight is 260 g/mol. The van der Waals surface area contributed by atoms with E-state index in [4.69, 9.17) is 0 Å². The van der Waals surface area contributed by atoms with Crippen LogP contribution >= 0.6 is 22.7 Å². The van der Waals surface area contributed by atoms with Crippen LogP contribution in [0.25, 0.3) is 0 Å². The predicted molar refractivity (Wildman–Crippen MR) is 62.0 cm³/mol. The van der Waals surface area contributed by atoms with Gasteiger partial charge in [-0.25, -0.2) is 13.4 Å². The van der Waals surface area contributed by atoms with Crippen molar-refractivity contribution in [2.75, 3.05) is 4.72 Å². The van der Waals surface area contributed by atoms with Crippen LogP contribution in [0, 0.1) is 6.92 Å². The highest BCUT2D eigenvalue weighted by Gasteiger charge is 2.16. The zero-order valence-corrected chi connectivity index (χ0v) is 10.2. The number of thiazole rings is 1. The van der Waals surface area contributed by atoms with Gasteiger partial charge in [-0.1, -0.05) is 0 Å². The summed E-state index contributed by atoms with van der Waals surface area (Å²) in [5.41, 5.74) is 0. The molecule has 0 aliphatic rings. The Morgan fingerprint density at radius 2 is 2.20 bits per heavy atom. The van der Waals surface area contributed by atoms with Crippen molar-refractivity contribution in [2.45, 2.75) is 11.1 Å². The summed E-state index contributed by atoms with van der Waals surface area (Å²) in [5, 5.41) is 2.11.